The van der Waals surface area contributed by atoms with Crippen LogP contribution in [-0.2, 0) is 4.79 Å². The fourth-order valence-corrected chi connectivity index (χ4v) is 1.43. The molecule has 0 aliphatic heterocycles. The van der Waals surface area contributed by atoms with E-state index in [4.69, 9.17) is 15.0 Å². The first-order valence-corrected chi connectivity index (χ1v) is 4.13. The molecule has 0 radical (unpaired) electrons. The molecule has 1 rings (SSSR count). The van der Waals surface area contributed by atoms with E-state index in [-0.39, 0.29) is 18.6 Å². The largest absolute Gasteiger partial charge is 0.393 e. The molecular formula is C8H17NO3. The Hall–Kier alpha value is -0.610. The van der Waals surface area contributed by atoms with Crippen LogP contribution in [0.4, 0.5) is 0 Å². The summed E-state index contributed by atoms with van der Waals surface area (Å²) in [5.74, 6) is 0.347. The minimum absolute atomic E-state index is 0.149. The third-order valence-corrected chi connectivity index (χ3v) is 2.13. The Balaban J connectivity index is 0.000000354. The third kappa shape index (κ3) is 4.31. The Bertz CT molecular complexity index is 127. The molecule has 3 atom stereocenters. The fraction of sp³-hybridized carbons (Fsp3) is 0.875. The van der Waals surface area contributed by atoms with Gasteiger partial charge in [0.1, 0.15) is 0 Å². The molecule has 0 aromatic heterocycles. The van der Waals surface area contributed by atoms with Crippen molar-refractivity contribution in [1.82, 2.24) is 0 Å². The molecule has 1 fully saturated rings. The highest BCUT2D eigenvalue weighted by Crippen LogP contribution is 2.27. The summed E-state index contributed by atoms with van der Waals surface area (Å²) >= 11 is 0. The van der Waals surface area contributed by atoms with Crippen LogP contribution in [-0.4, -0.2) is 28.8 Å². The van der Waals surface area contributed by atoms with Crippen molar-refractivity contribution in [2.75, 3.05) is 0 Å². The van der Waals surface area contributed by atoms with Crippen LogP contribution in [0.5, 0.6) is 0 Å². The summed E-state index contributed by atoms with van der Waals surface area (Å²) in [6.45, 7) is 1.79. The Kier molecular flexibility index (Phi) is 5.66. The SMILES string of the molecule is CC(O)C1CCC(O)C1.NC=O. The normalized spacial score (nSPS) is 30.2. The van der Waals surface area contributed by atoms with Crippen molar-refractivity contribution in [3.8, 4) is 0 Å². The molecule has 1 aliphatic carbocycles. The number of primary amides is 1. The standard InChI is InChI=1S/C7H14O2.CH3NO/c1-5(8)6-2-3-7(9)4-6;2-1-3/h5-9H,2-4H2,1H3;1H,(H2,2,3). The van der Waals surface area contributed by atoms with E-state index < -0.39 is 0 Å². The maximum atomic E-state index is 9.06. The van der Waals surface area contributed by atoms with Crippen molar-refractivity contribution in [2.45, 2.75) is 38.4 Å². The van der Waals surface area contributed by atoms with Crippen molar-refractivity contribution in [2.24, 2.45) is 11.7 Å². The molecule has 4 heteroatoms. The van der Waals surface area contributed by atoms with E-state index in [1.807, 2.05) is 0 Å². The number of carbonyl (C=O) groups excluding carboxylic acids is 1. The van der Waals surface area contributed by atoms with Crippen molar-refractivity contribution in [3.63, 3.8) is 0 Å². The zero-order valence-corrected chi connectivity index (χ0v) is 7.31. The molecule has 72 valence electrons. The smallest absolute Gasteiger partial charge is 0.204 e. The number of amides is 1. The van der Waals surface area contributed by atoms with Crippen LogP contribution in [0.2, 0.25) is 0 Å². The molecule has 1 amide bonds. The van der Waals surface area contributed by atoms with E-state index >= 15 is 0 Å². The highest BCUT2D eigenvalue weighted by atomic mass is 16.3. The number of nitrogens with two attached hydrogens (primary N) is 1. The quantitative estimate of drug-likeness (QED) is 0.475. The van der Waals surface area contributed by atoms with Gasteiger partial charge in [0.2, 0.25) is 6.41 Å². The van der Waals surface area contributed by atoms with Gasteiger partial charge in [-0.05, 0) is 32.1 Å². The number of hydrogen-bond donors (Lipinski definition) is 3. The Morgan fingerprint density at radius 2 is 2.08 bits per heavy atom. The highest BCUT2D eigenvalue weighted by Gasteiger charge is 2.25. The summed E-state index contributed by atoms with van der Waals surface area (Å²) in [7, 11) is 0. The first-order chi connectivity index (χ1) is 5.61. The van der Waals surface area contributed by atoms with Gasteiger partial charge in [-0.2, -0.15) is 0 Å². The molecule has 4 nitrogen and oxygen atoms in total. The zero-order chi connectivity index (χ0) is 9.56. The minimum Gasteiger partial charge on any atom is -0.393 e. The van der Waals surface area contributed by atoms with Gasteiger partial charge in [-0.25, -0.2) is 0 Å². The maximum absolute atomic E-state index is 9.06. The van der Waals surface area contributed by atoms with Crippen molar-refractivity contribution >= 4 is 6.41 Å². The number of carbonyl (C=O) groups is 1. The Morgan fingerprint density at radius 3 is 2.25 bits per heavy atom. The lowest BCUT2D eigenvalue weighted by Crippen LogP contribution is -2.13. The highest BCUT2D eigenvalue weighted by molar-refractivity contribution is 5.42. The second-order valence-corrected chi connectivity index (χ2v) is 3.10. The van der Waals surface area contributed by atoms with Gasteiger partial charge >= 0.3 is 0 Å². The first-order valence-electron chi connectivity index (χ1n) is 4.13. The van der Waals surface area contributed by atoms with Gasteiger partial charge in [0.25, 0.3) is 0 Å². The van der Waals surface area contributed by atoms with Crippen molar-refractivity contribution < 1.29 is 15.0 Å². The number of aliphatic hydroxyl groups excluding tert-OH is 2. The summed E-state index contributed by atoms with van der Waals surface area (Å²) < 4.78 is 0. The topological polar surface area (TPSA) is 83.6 Å². The van der Waals surface area contributed by atoms with Crippen LogP contribution in [0.15, 0.2) is 0 Å². The summed E-state index contributed by atoms with van der Waals surface area (Å²) in [6.07, 6.45) is 2.51. The molecule has 4 N–H and O–H groups in total. The number of hydrogen-bond acceptors (Lipinski definition) is 3. The number of aliphatic hydroxyl groups is 2. The second-order valence-electron chi connectivity index (χ2n) is 3.10. The van der Waals surface area contributed by atoms with Gasteiger partial charge in [0.15, 0.2) is 0 Å². The Morgan fingerprint density at radius 1 is 1.58 bits per heavy atom. The van der Waals surface area contributed by atoms with Crippen LogP contribution in [0.25, 0.3) is 0 Å². The lowest BCUT2D eigenvalue weighted by molar-refractivity contribution is -0.106. The first kappa shape index (κ1) is 11.4. The van der Waals surface area contributed by atoms with E-state index in [0.717, 1.165) is 19.3 Å². The van der Waals surface area contributed by atoms with E-state index in [2.05, 4.69) is 5.73 Å². The lowest BCUT2D eigenvalue weighted by Gasteiger charge is -2.11. The number of rotatable bonds is 1. The maximum Gasteiger partial charge on any atom is 0.204 e. The zero-order valence-electron chi connectivity index (χ0n) is 7.31. The summed E-state index contributed by atoms with van der Waals surface area (Å²) in [5.41, 5.74) is 4.17. The third-order valence-electron chi connectivity index (χ3n) is 2.13. The lowest BCUT2D eigenvalue weighted by atomic mass is 10.0. The van der Waals surface area contributed by atoms with E-state index in [1.165, 1.54) is 0 Å². The molecule has 3 unspecified atom stereocenters. The van der Waals surface area contributed by atoms with Gasteiger partial charge in [-0.15, -0.1) is 0 Å². The molecule has 1 aliphatic rings. The van der Waals surface area contributed by atoms with Crippen LogP contribution >= 0.6 is 0 Å². The average molecular weight is 175 g/mol. The Labute approximate surface area is 72.4 Å². The van der Waals surface area contributed by atoms with E-state index in [0.29, 0.717) is 5.92 Å². The summed E-state index contributed by atoms with van der Waals surface area (Å²) in [5, 5.41) is 18.1. The molecule has 0 spiro atoms. The van der Waals surface area contributed by atoms with Gasteiger partial charge in [0.05, 0.1) is 12.2 Å². The van der Waals surface area contributed by atoms with Crippen molar-refractivity contribution in [3.05, 3.63) is 0 Å². The predicted octanol–water partition coefficient (Wildman–Crippen LogP) is -0.370. The summed E-state index contributed by atoms with van der Waals surface area (Å²) in [6, 6.07) is 0. The fourth-order valence-electron chi connectivity index (χ4n) is 1.43. The average Bonchev–Trinajstić information content (AvgIpc) is 2.37. The monoisotopic (exact) mass is 175 g/mol. The van der Waals surface area contributed by atoms with Gasteiger partial charge in [-0.1, -0.05) is 0 Å². The molecule has 0 bridgehead atoms. The second kappa shape index (κ2) is 5.97. The van der Waals surface area contributed by atoms with Crippen LogP contribution < -0.4 is 5.73 Å². The molecule has 0 aromatic carbocycles. The van der Waals surface area contributed by atoms with Crippen molar-refractivity contribution in [1.29, 1.82) is 0 Å². The van der Waals surface area contributed by atoms with Crippen LogP contribution in [0.1, 0.15) is 26.2 Å². The minimum atomic E-state index is -0.234. The molecule has 0 saturated heterocycles. The van der Waals surface area contributed by atoms with Gasteiger partial charge in [-0.3, -0.25) is 4.79 Å². The molecular weight excluding hydrogens is 158 g/mol. The predicted molar refractivity (Wildman–Crippen MR) is 45.3 cm³/mol. The van der Waals surface area contributed by atoms with E-state index in [9.17, 15) is 0 Å². The van der Waals surface area contributed by atoms with Crippen LogP contribution in [0.3, 0.4) is 0 Å². The van der Waals surface area contributed by atoms with Gasteiger partial charge < -0.3 is 15.9 Å². The molecule has 12 heavy (non-hydrogen) atoms. The van der Waals surface area contributed by atoms with Gasteiger partial charge in [0, 0.05) is 0 Å². The molecule has 0 heterocycles. The molecule has 1 saturated carbocycles. The van der Waals surface area contributed by atoms with E-state index in [1.54, 1.807) is 6.92 Å². The summed E-state index contributed by atoms with van der Waals surface area (Å²) in [4.78, 5) is 8.58. The molecule has 0 aromatic rings. The van der Waals surface area contributed by atoms with Crippen LogP contribution in [0, 0.1) is 5.92 Å².